The van der Waals surface area contributed by atoms with Crippen molar-refractivity contribution in [1.82, 2.24) is 4.90 Å². The summed E-state index contributed by atoms with van der Waals surface area (Å²) in [6.45, 7) is 4.19. The Hall–Kier alpha value is -1.71. The van der Waals surface area contributed by atoms with Crippen molar-refractivity contribution in [3.8, 4) is 0 Å². The molecule has 1 aromatic carbocycles. The molecule has 0 saturated carbocycles. The Labute approximate surface area is 103 Å². The molecule has 0 fully saturated rings. The Morgan fingerprint density at radius 2 is 1.82 bits per heavy atom. The maximum atomic E-state index is 11.8. The second kappa shape index (κ2) is 5.08. The van der Waals surface area contributed by atoms with Gasteiger partial charge in [-0.3, -0.25) is 4.79 Å². The molecule has 0 unspecified atom stereocenters. The molecular formula is C13H21N3O. The molecule has 0 radical (unpaired) electrons. The topological polar surface area (TPSA) is 49.6 Å². The van der Waals surface area contributed by atoms with Crippen molar-refractivity contribution in [2.45, 2.75) is 19.9 Å². The Bertz CT molecular complexity index is 413. The summed E-state index contributed by atoms with van der Waals surface area (Å²) in [5.74, 6) is -0.0320. The number of nitrogen functional groups attached to an aromatic ring is 1. The molecule has 94 valence electrons. The first-order chi connectivity index (χ1) is 7.84. The molecule has 0 aliphatic carbocycles. The maximum absolute atomic E-state index is 11.8. The quantitative estimate of drug-likeness (QED) is 0.813. The number of amides is 1. The van der Waals surface area contributed by atoms with Crippen LogP contribution >= 0.6 is 0 Å². The van der Waals surface area contributed by atoms with Crippen LogP contribution in [-0.2, 0) is 0 Å². The van der Waals surface area contributed by atoms with Gasteiger partial charge in [-0.15, -0.1) is 0 Å². The van der Waals surface area contributed by atoms with Crippen LogP contribution in [0.1, 0.15) is 24.2 Å². The van der Waals surface area contributed by atoms with E-state index < -0.39 is 0 Å². The minimum Gasteiger partial charge on any atom is -0.397 e. The summed E-state index contributed by atoms with van der Waals surface area (Å²) in [5, 5.41) is 0. The fourth-order valence-electron chi connectivity index (χ4n) is 1.55. The number of hydrogen-bond donors (Lipinski definition) is 1. The van der Waals surface area contributed by atoms with Crippen LogP contribution in [0.25, 0.3) is 0 Å². The standard InChI is InChI=1S/C13H21N3O/c1-9(2)16(5)12-7-6-10(8-11(12)14)13(17)15(3)4/h6-9H,14H2,1-5H3. The minimum absolute atomic E-state index is 0.0320. The van der Waals surface area contributed by atoms with Crippen LogP contribution in [0.15, 0.2) is 18.2 Å². The fraction of sp³-hybridized carbons (Fsp3) is 0.462. The second-order valence-electron chi connectivity index (χ2n) is 4.68. The van der Waals surface area contributed by atoms with Gasteiger partial charge in [-0.05, 0) is 32.0 Å². The van der Waals surface area contributed by atoms with Gasteiger partial charge < -0.3 is 15.5 Å². The van der Waals surface area contributed by atoms with E-state index in [1.54, 1.807) is 25.1 Å². The van der Waals surface area contributed by atoms with Crippen molar-refractivity contribution in [3.05, 3.63) is 23.8 Å². The van der Waals surface area contributed by atoms with Gasteiger partial charge in [-0.25, -0.2) is 0 Å². The molecule has 0 atom stereocenters. The molecule has 0 spiro atoms. The molecule has 1 aromatic rings. The molecule has 4 nitrogen and oxygen atoms in total. The average molecular weight is 235 g/mol. The molecule has 17 heavy (non-hydrogen) atoms. The predicted octanol–water partition coefficient (Wildman–Crippen LogP) is 1.82. The highest BCUT2D eigenvalue weighted by Gasteiger charge is 2.13. The van der Waals surface area contributed by atoms with Gasteiger partial charge in [0.2, 0.25) is 0 Å². The van der Waals surface area contributed by atoms with Crippen LogP contribution < -0.4 is 10.6 Å². The lowest BCUT2D eigenvalue weighted by Crippen LogP contribution is -2.27. The number of carbonyl (C=O) groups is 1. The van der Waals surface area contributed by atoms with E-state index in [2.05, 4.69) is 18.7 Å². The molecule has 0 bridgehead atoms. The van der Waals surface area contributed by atoms with Crippen LogP contribution in [0.4, 0.5) is 11.4 Å². The Kier molecular flexibility index (Phi) is 3.99. The van der Waals surface area contributed by atoms with Gasteiger partial charge >= 0.3 is 0 Å². The highest BCUT2D eigenvalue weighted by molar-refractivity contribution is 5.95. The molecule has 0 aliphatic rings. The number of carbonyl (C=O) groups excluding carboxylic acids is 1. The third kappa shape index (κ3) is 2.90. The summed E-state index contributed by atoms with van der Waals surface area (Å²) < 4.78 is 0. The van der Waals surface area contributed by atoms with E-state index in [4.69, 9.17) is 5.73 Å². The van der Waals surface area contributed by atoms with Crippen molar-refractivity contribution >= 4 is 17.3 Å². The predicted molar refractivity (Wildman–Crippen MR) is 72.4 cm³/mol. The van der Waals surface area contributed by atoms with Gasteiger partial charge in [-0.2, -0.15) is 0 Å². The molecule has 1 amide bonds. The van der Waals surface area contributed by atoms with E-state index >= 15 is 0 Å². The Morgan fingerprint density at radius 1 is 1.24 bits per heavy atom. The molecule has 1 rings (SSSR count). The van der Waals surface area contributed by atoms with Crippen molar-refractivity contribution in [1.29, 1.82) is 0 Å². The SMILES string of the molecule is CC(C)N(C)c1ccc(C(=O)N(C)C)cc1N. The van der Waals surface area contributed by atoms with Crippen LogP contribution in [-0.4, -0.2) is 38.0 Å². The van der Waals surface area contributed by atoms with Crippen molar-refractivity contribution in [2.75, 3.05) is 31.8 Å². The smallest absolute Gasteiger partial charge is 0.253 e. The van der Waals surface area contributed by atoms with E-state index in [1.807, 2.05) is 19.2 Å². The summed E-state index contributed by atoms with van der Waals surface area (Å²) in [6, 6.07) is 5.81. The zero-order valence-electron chi connectivity index (χ0n) is 11.2. The van der Waals surface area contributed by atoms with E-state index in [0.29, 0.717) is 17.3 Å². The molecule has 0 aliphatic heterocycles. The first-order valence-corrected chi connectivity index (χ1v) is 5.68. The van der Waals surface area contributed by atoms with Gasteiger partial charge in [0.15, 0.2) is 0 Å². The van der Waals surface area contributed by atoms with E-state index in [9.17, 15) is 4.79 Å². The number of nitrogens with zero attached hydrogens (tertiary/aromatic N) is 2. The van der Waals surface area contributed by atoms with Gasteiger partial charge in [0.05, 0.1) is 11.4 Å². The summed E-state index contributed by atoms with van der Waals surface area (Å²) in [7, 11) is 5.45. The van der Waals surface area contributed by atoms with Crippen molar-refractivity contribution in [3.63, 3.8) is 0 Å². The van der Waals surface area contributed by atoms with E-state index in [-0.39, 0.29) is 5.91 Å². The first kappa shape index (κ1) is 13.4. The monoisotopic (exact) mass is 235 g/mol. The van der Waals surface area contributed by atoms with Crippen LogP contribution in [0.5, 0.6) is 0 Å². The lowest BCUT2D eigenvalue weighted by molar-refractivity contribution is 0.0827. The Balaban J connectivity index is 3.06. The number of anilines is 2. The average Bonchev–Trinajstić information content (AvgIpc) is 2.26. The Morgan fingerprint density at radius 3 is 2.24 bits per heavy atom. The van der Waals surface area contributed by atoms with Gasteiger partial charge in [0.1, 0.15) is 0 Å². The molecule has 0 heterocycles. The largest absolute Gasteiger partial charge is 0.397 e. The van der Waals surface area contributed by atoms with Crippen LogP contribution in [0, 0.1) is 0 Å². The number of nitrogens with two attached hydrogens (primary N) is 1. The molecule has 2 N–H and O–H groups in total. The molecule has 4 heteroatoms. The number of hydrogen-bond acceptors (Lipinski definition) is 3. The second-order valence-corrected chi connectivity index (χ2v) is 4.68. The van der Waals surface area contributed by atoms with Crippen LogP contribution in [0.3, 0.4) is 0 Å². The summed E-state index contributed by atoms with van der Waals surface area (Å²) in [5.41, 5.74) is 8.19. The third-order valence-corrected chi connectivity index (χ3v) is 2.84. The van der Waals surface area contributed by atoms with Gasteiger partial charge in [-0.1, -0.05) is 0 Å². The number of benzene rings is 1. The minimum atomic E-state index is -0.0320. The van der Waals surface area contributed by atoms with Gasteiger partial charge in [0.25, 0.3) is 5.91 Å². The first-order valence-electron chi connectivity index (χ1n) is 5.68. The summed E-state index contributed by atoms with van der Waals surface area (Å²) >= 11 is 0. The lowest BCUT2D eigenvalue weighted by atomic mass is 10.1. The summed E-state index contributed by atoms with van der Waals surface area (Å²) in [6.07, 6.45) is 0. The normalized spacial score (nSPS) is 10.5. The van der Waals surface area contributed by atoms with Crippen molar-refractivity contribution < 1.29 is 4.79 Å². The zero-order valence-corrected chi connectivity index (χ0v) is 11.2. The molecule has 0 saturated heterocycles. The lowest BCUT2D eigenvalue weighted by Gasteiger charge is -2.25. The van der Waals surface area contributed by atoms with E-state index in [0.717, 1.165) is 5.69 Å². The van der Waals surface area contributed by atoms with E-state index in [1.165, 1.54) is 0 Å². The summed E-state index contributed by atoms with van der Waals surface area (Å²) in [4.78, 5) is 15.4. The molecular weight excluding hydrogens is 214 g/mol. The van der Waals surface area contributed by atoms with Crippen molar-refractivity contribution in [2.24, 2.45) is 0 Å². The molecule has 0 aromatic heterocycles. The highest BCUT2D eigenvalue weighted by atomic mass is 16.2. The fourth-order valence-corrected chi connectivity index (χ4v) is 1.55. The maximum Gasteiger partial charge on any atom is 0.253 e. The van der Waals surface area contributed by atoms with Gasteiger partial charge in [0, 0.05) is 32.7 Å². The zero-order chi connectivity index (χ0) is 13.2. The third-order valence-electron chi connectivity index (χ3n) is 2.84. The highest BCUT2D eigenvalue weighted by Crippen LogP contribution is 2.25. The van der Waals surface area contributed by atoms with Crippen LogP contribution in [0.2, 0.25) is 0 Å². The number of rotatable bonds is 3.